The Kier molecular flexibility index (Phi) is 32.0. The molecule has 0 spiro atoms. The average Bonchev–Trinajstić information content (AvgIpc) is 2.97. The van der Waals surface area contributed by atoms with Gasteiger partial charge in [0.2, 0.25) is 5.91 Å². The Labute approximate surface area is 263 Å². The first-order chi connectivity index (χ1) is 20.5. The largest absolute Gasteiger partial charge is 0.481 e. The topological polar surface area (TPSA) is 80.4 Å². The smallest absolute Gasteiger partial charge is 0.306 e. The van der Waals surface area contributed by atoms with Gasteiger partial charge in [-0.15, -0.1) is 0 Å². The summed E-state index contributed by atoms with van der Waals surface area (Å²) < 4.78 is 0. The van der Waals surface area contributed by atoms with Crippen molar-refractivity contribution >= 4 is 11.9 Å². The molecule has 0 aliphatic carbocycles. The molecular formula is C38H75NO3. The van der Waals surface area contributed by atoms with Crippen LogP contribution >= 0.6 is 0 Å². The van der Waals surface area contributed by atoms with E-state index in [1.165, 1.54) is 154 Å². The van der Waals surface area contributed by atoms with Crippen LogP contribution in [0.1, 0.15) is 219 Å². The third-order valence-electron chi connectivity index (χ3n) is 9.43. The van der Waals surface area contributed by atoms with Gasteiger partial charge >= 0.3 is 5.97 Å². The van der Waals surface area contributed by atoms with Crippen molar-refractivity contribution in [2.75, 3.05) is 0 Å². The number of primary amides is 1. The molecule has 0 aromatic rings. The Morgan fingerprint density at radius 1 is 0.405 bits per heavy atom. The monoisotopic (exact) mass is 594 g/mol. The molecule has 2 atom stereocenters. The fourth-order valence-electron chi connectivity index (χ4n) is 6.39. The van der Waals surface area contributed by atoms with Crippen molar-refractivity contribution in [2.45, 2.75) is 219 Å². The first-order valence-electron chi connectivity index (χ1n) is 19.0. The molecule has 0 saturated carbocycles. The summed E-state index contributed by atoms with van der Waals surface area (Å²) in [6, 6.07) is 0. The maximum absolute atomic E-state index is 12.0. The minimum atomic E-state index is -0.704. The van der Waals surface area contributed by atoms with Crippen LogP contribution < -0.4 is 5.73 Å². The Morgan fingerprint density at radius 2 is 0.643 bits per heavy atom. The number of amides is 1. The van der Waals surface area contributed by atoms with Crippen LogP contribution in [0.3, 0.4) is 0 Å². The average molecular weight is 594 g/mol. The van der Waals surface area contributed by atoms with Crippen LogP contribution in [0.15, 0.2) is 0 Å². The lowest BCUT2D eigenvalue weighted by Crippen LogP contribution is -2.25. The number of nitrogens with two attached hydrogens (primary N) is 1. The zero-order valence-corrected chi connectivity index (χ0v) is 28.6. The molecule has 0 aromatic carbocycles. The maximum atomic E-state index is 12.0. The molecule has 0 aliphatic rings. The number of carboxylic acids is 1. The Bertz CT molecular complexity index is 529. The van der Waals surface area contributed by atoms with Gasteiger partial charge in [0.25, 0.3) is 0 Å². The van der Waals surface area contributed by atoms with Crippen LogP contribution in [0.2, 0.25) is 0 Å². The fourth-order valence-corrected chi connectivity index (χ4v) is 6.39. The van der Waals surface area contributed by atoms with Gasteiger partial charge in [-0.3, -0.25) is 9.59 Å². The molecule has 3 N–H and O–H groups in total. The summed E-state index contributed by atoms with van der Waals surface area (Å²) in [6.45, 7) is 4.54. The van der Waals surface area contributed by atoms with Crippen molar-refractivity contribution in [2.24, 2.45) is 17.6 Å². The summed E-state index contributed by atoms with van der Waals surface area (Å²) in [5, 5.41) is 9.72. The molecule has 0 aliphatic heterocycles. The van der Waals surface area contributed by atoms with E-state index in [0.29, 0.717) is 12.8 Å². The summed E-state index contributed by atoms with van der Waals surface area (Å²) >= 11 is 0. The van der Waals surface area contributed by atoms with Gasteiger partial charge in [-0.05, 0) is 25.7 Å². The zero-order chi connectivity index (χ0) is 30.9. The van der Waals surface area contributed by atoms with Gasteiger partial charge in [0.15, 0.2) is 0 Å². The third kappa shape index (κ3) is 29.0. The van der Waals surface area contributed by atoms with Crippen molar-refractivity contribution in [3.63, 3.8) is 0 Å². The predicted octanol–water partition coefficient (Wildman–Crippen LogP) is 12.3. The molecule has 0 saturated heterocycles. The van der Waals surface area contributed by atoms with Gasteiger partial charge in [-0.25, -0.2) is 0 Å². The highest BCUT2D eigenvalue weighted by Gasteiger charge is 2.22. The number of hydrogen-bond acceptors (Lipinski definition) is 2. The normalized spacial score (nSPS) is 12.9. The predicted molar refractivity (Wildman–Crippen MR) is 183 cm³/mol. The van der Waals surface area contributed by atoms with Crippen molar-refractivity contribution in [1.82, 2.24) is 0 Å². The summed E-state index contributed by atoms with van der Waals surface area (Å²) in [7, 11) is 0. The van der Waals surface area contributed by atoms with Gasteiger partial charge in [0, 0.05) is 5.92 Å². The van der Waals surface area contributed by atoms with Crippen molar-refractivity contribution in [3.05, 3.63) is 0 Å². The molecule has 42 heavy (non-hydrogen) atoms. The maximum Gasteiger partial charge on any atom is 0.306 e. The lowest BCUT2D eigenvalue weighted by atomic mass is 9.88. The van der Waals surface area contributed by atoms with Crippen LogP contribution in [-0.2, 0) is 9.59 Å². The lowest BCUT2D eigenvalue weighted by molar-refractivity contribution is -0.142. The SMILES string of the molecule is CCCCCCCCCCCCCCCCC(CCC(CCCCCCCCCCCCCCCC)C(=O)O)C(N)=O. The first kappa shape index (κ1) is 40.9. The molecule has 2 unspecified atom stereocenters. The van der Waals surface area contributed by atoms with E-state index in [2.05, 4.69) is 13.8 Å². The summed E-state index contributed by atoms with van der Waals surface area (Å²) in [6.07, 6.45) is 39.6. The minimum absolute atomic E-state index is 0.166. The number of hydrogen-bond donors (Lipinski definition) is 2. The highest BCUT2D eigenvalue weighted by Crippen LogP contribution is 2.24. The molecule has 4 heteroatoms. The van der Waals surface area contributed by atoms with E-state index < -0.39 is 5.97 Å². The van der Waals surface area contributed by atoms with E-state index in [-0.39, 0.29) is 17.7 Å². The van der Waals surface area contributed by atoms with Gasteiger partial charge in [-0.1, -0.05) is 194 Å². The molecular weight excluding hydrogens is 518 g/mol. The number of rotatable bonds is 35. The minimum Gasteiger partial charge on any atom is -0.481 e. The van der Waals surface area contributed by atoms with Gasteiger partial charge in [-0.2, -0.15) is 0 Å². The van der Waals surface area contributed by atoms with Crippen LogP contribution in [0, 0.1) is 11.8 Å². The van der Waals surface area contributed by atoms with E-state index in [0.717, 1.165) is 38.5 Å². The van der Waals surface area contributed by atoms with E-state index >= 15 is 0 Å². The highest BCUT2D eigenvalue weighted by atomic mass is 16.4. The molecule has 0 heterocycles. The summed E-state index contributed by atoms with van der Waals surface area (Å²) in [5.74, 6) is -1.45. The van der Waals surface area contributed by atoms with Gasteiger partial charge in [0.1, 0.15) is 0 Å². The second-order valence-electron chi connectivity index (χ2n) is 13.5. The van der Waals surface area contributed by atoms with Crippen molar-refractivity contribution in [1.29, 1.82) is 0 Å². The lowest BCUT2D eigenvalue weighted by Gasteiger charge is -2.17. The molecule has 1 amide bonds. The highest BCUT2D eigenvalue weighted by molar-refractivity contribution is 5.76. The van der Waals surface area contributed by atoms with Crippen LogP contribution in [0.5, 0.6) is 0 Å². The van der Waals surface area contributed by atoms with Crippen LogP contribution in [0.25, 0.3) is 0 Å². The van der Waals surface area contributed by atoms with Crippen LogP contribution in [0.4, 0.5) is 0 Å². The van der Waals surface area contributed by atoms with Gasteiger partial charge in [0.05, 0.1) is 5.92 Å². The fraction of sp³-hybridized carbons (Fsp3) is 0.947. The second kappa shape index (κ2) is 32.8. The molecule has 0 aromatic heterocycles. The number of aliphatic carboxylic acids is 1. The van der Waals surface area contributed by atoms with Crippen molar-refractivity contribution < 1.29 is 14.7 Å². The molecule has 4 nitrogen and oxygen atoms in total. The second-order valence-corrected chi connectivity index (χ2v) is 13.5. The third-order valence-corrected chi connectivity index (χ3v) is 9.43. The molecule has 0 rings (SSSR count). The van der Waals surface area contributed by atoms with E-state index in [4.69, 9.17) is 5.73 Å². The zero-order valence-electron chi connectivity index (χ0n) is 28.6. The standard InChI is InChI=1S/C38H75NO3/c1-3-5-7-9-11-13-15-17-19-21-23-25-27-29-31-35(37(39)40)33-34-36(38(41)42)32-30-28-26-24-22-20-18-16-14-12-10-8-6-4-2/h35-36H,3-34H2,1-2H3,(H2,39,40)(H,41,42). The molecule has 0 radical (unpaired) electrons. The first-order valence-corrected chi connectivity index (χ1v) is 19.0. The van der Waals surface area contributed by atoms with Crippen molar-refractivity contribution in [3.8, 4) is 0 Å². The number of carboxylic acid groups (broad SMARTS) is 1. The van der Waals surface area contributed by atoms with E-state index in [1.54, 1.807) is 0 Å². The summed E-state index contributed by atoms with van der Waals surface area (Å²) in [4.78, 5) is 23.8. The Morgan fingerprint density at radius 3 is 0.905 bits per heavy atom. The van der Waals surface area contributed by atoms with E-state index in [1.807, 2.05) is 0 Å². The molecule has 250 valence electrons. The Balaban J connectivity index is 3.76. The molecule has 0 bridgehead atoms. The quantitative estimate of drug-likeness (QED) is 0.0717. The number of unbranched alkanes of at least 4 members (excludes halogenated alkanes) is 26. The number of carbonyl (C=O) groups is 2. The summed E-state index contributed by atoms with van der Waals surface area (Å²) in [5.41, 5.74) is 5.70. The molecule has 0 fully saturated rings. The number of carbonyl (C=O) groups excluding carboxylic acids is 1. The van der Waals surface area contributed by atoms with E-state index in [9.17, 15) is 14.7 Å². The van der Waals surface area contributed by atoms with Gasteiger partial charge < -0.3 is 10.8 Å². The van der Waals surface area contributed by atoms with Crippen LogP contribution in [-0.4, -0.2) is 17.0 Å². The Hall–Kier alpha value is -1.06.